The number of carbonyl (C=O) groups excluding carboxylic acids is 1. The number of fused-ring (bicyclic) bond motifs is 1. The minimum atomic E-state index is -0.651. The molecule has 0 amide bonds. The molecule has 0 atom stereocenters. The van der Waals surface area contributed by atoms with Crippen LogP contribution in [0.3, 0.4) is 0 Å². The first-order valence-electron chi connectivity index (χ1n) is 7.07. The average Bonchev–Trinajstić information content (AvgIpc) is 3.03. The van der Waals surface area contributed by atoms with Crippen LogP contribution in [0.5, 0.6) is 0 Å². The van der Waals surface area contributed by atoms with Crippen LogP contribution in [-0.2, 0) is 9.53 Å². The first-order valence-corrected chi connectivity index (χ1v) is 7.07. The molecule has 4 rings (SSSR count). The molecule has 0 N–H and O–H groups in total. The molecule has 0 radical (unpaired) electrons. The summed E-state index contributed by atoms with van der Waals surface area (Å²) in [6.45, 7) is 0. The summed E-state index contributed by atoms with van der Waals surface area (Å²) in [4.78, 5) is 16.8. The van der Waals surface area contributed by atoms with Gasteiger partial charge in [0.05, 0.1) is 6.26 Å². The van der Waals surface area contributed by atoms with Crippen molar-refractivity contribution in [3.63, 3.8) is 0 Å². The van der Waals surface area contributed by atoms with E-state index >= 15 is 0 Å². The van der Waals surface area contributed by atoms with Gasteiger partial charge in [-0.25, -0.2) is 9.79 Å². The van der Waals surface area contributed by atoms with Crippen LogP contribution < -0.4 is 0 Å². The Hall–Kier alpha value is -2.10. The van der Waals surface area contributed by atoms with E-state index in [1.807, 2.05) is 24.3 Å². The van der Waals surface area contributed by atoms with Crippen LogP contribution in [0.2, 0.25) is 0 Å². The summed E-state index contributed by atoms with van der Waals surface area (Å²) in [5.74, 6) is 0.696. The van der Waals surface area contributed by atoms with Gasteiger partial charge in [-0.3, -0.25) is 0 Å². The first kappa shape index (κ1) is 11.7. The Kier molecular flexibility index (Phi) is 2.46. The van der Waals surface area contributed by atoms with E-state index in [1.165, 1.54) is 6.42 Å². The molecular weight excluding hydrogens is 254 g/mol. The van der Waals surface area contributed by atoms with Crippen molar-refractivity contribution in [2.45, 2.75) is 37.6 Å². The average molecular weight is 269 g/mol. The van der Waals surface area contributed by atoms with Crippen LogP contribution in [0.4, 0.5) is 0 Å². The highest BCUT2D eigenvalue weighted by atomic mass is 16.6. The van der Waals surface area contributed by atoms with E-state index in [4.69, 9.17) is 9.15 Å². The number of carbonyl (C=O) groups is 1. The summed E-state index contributed by atoms with van der Waals surface area (Å²) in [5, 5.41) is 1.93. The van der Waals surface area contributed by atoms with Crippen molar-refractivity contribution in [2.24, 2.45) is 4.99 Å². The molecule has 1 fully saturated rings. The third-order valence-electron chi connectivity index (χ3n) is 4.27. The van der Waals surface area contributed by atoms with Crippen LogP contribution in [-0.4, -0.2) is 17.4 Å². The number of rotatable bonds is 1. The number of esters is 1. The number of ether oxygens (including phenoxy) is 1. The molecule has 1 saturated carbocycles. The minimum Gasteiger partial charge on any atom is -0.458 e. The molecule has 4 heteroatoms. The number of nitrogens with zero attached hydrogens (tertiary/aromatic N) is 1. The summed E-state index contributed by atoms with van der Waals surface area (Å²) in [5.41, 5.74) is -0.651. The summed E-state index contributed by atoms with van der Waals surface area (Å²) < 4.78 is 11.0. The van der Waals surface area contributed by atoms with E-state index in [1.54, 1.807) is 6.26 Å². The number of hydrogen-bond acceptors (Lipinski definition) is 4. The Bertz CT molecular complexity index is 707. The second-order valence-corrected chi connectivity index (χ2v) is 5.55. The lowest BCUT2D eigenvalue weighted by Crippen LogP contribution is -2.35. The fourth-order valence-electron chi connectivity index (χ4n) is 3.15. The monoisotopic (exact) mass is 269 g/mol. The Balaban J connectivity index is 1.79. The normalized spacial score (nSPS) is 21.2. The Labute approximate surface area is 116 Å². The quantitative estimate of drug-likeness (QED) is 0.745. The van der Waals surface area contributed by atoms with E-state index in [9.17, 15) is 4.79 Å². The van der Waals surface area contributed by atoms with Gasteiger partial charge in [0.25, 0.3) is 5.90 Å². The van der Waals surface area contributed by atoms with Gasteiger partial charge in [-0.2, -0.15) is 0 Å². The lowest BCUT2D eigenvalue weighted by atomic mass is 9.83. The summed E-state index contributed by atoms with van der Waals surface area (Å²) in [7, 11) is 0. The van der Waals surface area contributed by atoms with Gasteiger partial charge in [0.1, 0.15) is 0 Å². The van der Waals surface area contributed by atoms with Crippen LogP contribution in [0.15, 0.2) is 39.9 Å². The molecule has 1 spiro atoms. The van der Waals surface area contributed by atoms with Gasteiger partial charge in [0.15, 0.2) is 11.3 Å². The molecule has 2 aliphatic rings. The largest absolute Gasteiger partial charge is 0.458 e. The maximum atomic E-state index is 12.2. The van der Waals surface area contributed by atoms with Gasteiger partial charge in [-0.05, 0) is 12.8 Å². The molecule has 1 aliphatic heterocycles. The molecule has 1 aromatic heterocycles. The van der Waals surface area contributed by atoms with E-state index < -0.39 is 5.54 Å². The molecule has 0 bridgehead atoms. The van der Waals surface area contributed by atoms with E-state index in [2.05, 4.69) is 4.99 Å². The van der Waals surface area contributed by atoms with Gasteiger partial charge in [0.2, 0.25) is 0 Å². The lowest BCUT2D eigenvalue weighted by molar-refractivity contribution is -0.140. The van der Waals surface area contributed by atoms with Gasteiger partial charge in [-0.1, -0.05) is 43.5 Å². The van der Waals surface area contributed by atoms with Crippen LogP contribution >= 0.6 is 0 Å². The van der Waals surface area contributed by atoms with Gasteiger partial charge in [0, 0.05) is 10.8 Å². The first-order chi connectivity index (χ1) is 9.78. The number of hydrogen-bond donors (Lipinski definition) is 0. The van der Waals surface area contributed by atoms with E-state index in [0.29, 0.717) is 11.7 Å². The van der Waals surface area contributed by atoms with Crippen molar-refractivity contribution >= 4 is 22.6 Å². The standard InChI is InChI=1S/C16H15NO3/c18-15-16(8-4-1-5-9-16)17-14(20-15)13-12-7-3-2-6-11(12)10-19-13/h2-3,6-7,10H,1,4-5,8-9H2. The highest BCUT2D eigenvalue weighted by molar-refractivity contribution is 6.12. The SMILES string of the molecule is O=C1OC(c2occ3ccccc23)=NC12CCCCC2. The number of cyclic esters (lactones) is 1. The third-order valence-corrected chi connectivity index (χ3v) is 4.27. The van der Waals surface area contributed by atoms with Crippen molar-refractivity contribution in [1.29, 1.82) is 0 Å². The Morgan fingerprint density at radius 1 is 1.10 bits per heavy atom. The van der Waals surface area contributed by atoms with Crippen molar-refractivity contribution in [3.05, 3.63) is 36.3 Å². The number of aliphatic imine (C=N–C) groups is 1. The van der Waals surface area contributed by atoms with Gasteiger partial charge in [-0.15, -0.1) is 0 Å². The lowest BCUT2D eigenvalue weighted by Gasteiger charge is -2.25. The second-order valence-electron chi connectivity index (χ2n) is 5.55. The highest BCUT2D eigenvalue weighted by Gasteiger charge is 2.47. The predicted octanol–water partition coefficient (Wildman–Crippen LogP) is 3.44. The molecular formula is C16H15NO3. The summed E-state index contributed by atoms with van der Waals surface area (Å²) >= 11 is 0. The maximum Gasteiger partial charge on any atom is 0.341 e. The van der Waals surface area contributed by atoms with Crippen LogP contribution in [0.25, 0.3) is 10.8 Å². The Morgan fingerprint density at radius 2 is 1.90 bits per heavy atom. The number of furan rings is 1. The topological polar surface area (TPSA) is 51.8 Å². The number of benzene rings is 1. The fraction of sp³-hybridized carbons (Fsp3) is 0.375. The third kappa shape index (κ3) is 1.60. The van der Waals surface area contributed by atoms with E-state index in [-0.39, 0.29) is 5.97 Å². The minimum absolute atomic E-state index is 0.215. The summed E-state index contributed by atoms with van der Waals surface area (Å²) in [6, 6.07) is 7.81. The van der Waals surface area contributed by atoms with Crippen LogP contribution in [0, 0.1) is 0 Å². The summed E-state index contributed by atoms with van der Waals surface area (Å²) in [6.07, 6.45) is 6.48. The maximum absolute atomic E-state index is 12.2. The zero-order chi connectivity index (χ0) is 13.6. The molecule has 2 aromatic rings. The smallest absolute Gasteiger partial charge is 0.341 e. The fourth-order valence-corrected chi connectivity index (χ4v) is 3.15. The van der Waals surface area contributed by atoms with Crippen molar-refractivity contribution in [3.8, 4) is 0 Å². The molecule has 1 aliphatic carbocycles. The highest BCUT2D eigenvalue weighted by Crippen LogP contribution is 2.38. The van der Waals surface area contributed by atoms with Crippen molar-refractivity contribution in [1.82, 2.24) is 0 Å². The second kappa shape index (κ2) is 4.20. The molecule has 0 saturated heterocycles. The molecule has 0 unspecified atom stereocenters. The molecule has 1 aromatic carbocycles. The van der Waals surface area contributed by atoms with Gasteiger partial charge < -0.3 is 9.15 Å². The van der Waals surface area contributed by atoms with Crippen molar-refractivity contribution < 1.29 is 13.9 Å². The molecule has 20 heavy (non-hydrogen) atoms. The van der Waals surface area contributed by atoms with Crippen LogP contribution in [0.1, 0.15) is 37.9 Å². The predicted molar refractivity (Wildman–Crippen MR) is 74.7 cm³/mol. The zero-order valence-electron chi connectivity index (χ0n) is 11.1. The Morgan fingerprint density at radius 3 is 2.75 bits per heavy atom. The van der Waals surface area contributed by atoms with E-state index in [0.717, 1.165) is 36.5 Å². The zero-order valence-corrected chi connectivity index (χ0v) is 11.1. The van der Waals surface area contributed by atoms with Crippen molar-refractivity contribution in [2.75, 3.05) is 0 Å². The van der Waals surface area contributed by atoms with Gasteiger partial charge >= 0.3 is 5.97 Å². The molecule has 2 heterocycles. The molecule has 4 nitrogen and oxygen atoms in total. The molecule has 102 valence electrons.